The Morgan fingerprint density at radius 3 is 2.56 bits per heavy atom. The van der Waals surface area contributed by atoms with E-state index in [1.165, 1.54) is 24.3 Å². The molecular weight excluding hydrogens is 264 g/mol. The third kappa shape index (κ3) is 4.47. The fraction of sp³-hybridized carbons (Fsp3) is 0.222. The molecule has 1 amide bonds. The summed E-state index contributed by atoms with van der Waals surface area (Å²) in [6, 6.07) is 5.07. The lowest BCUT2D eigenvalue weighted by molar-refractivity contribution is -0.384. The van der Waals surface area contributed by atoms with Gasteiger partial charge in [0.05, 0.1) is 16.4 Å². The molecule has 98 valence electrons. The van der Waals surface area contributed by atoms with Gasteiger partial charge in [0.15, 0.2) is 11.1 Å². The molecule has 0 fully saturated rings. The van der Waals surface area contributed by atoms with Gasteiger partial charge in [0.1, 0.15) is 0 Å². The van der Waals surface area contributed by atoms with Crippen LogP contribution in [0.3, 0.4) is 0 Å². The molecule has 1 aromatic rings. The van der Waals surface area contributed by atoms with E-state index in [0.29, 0.717) is 0 Å². The Morgan fingerprint density at radius 2 is 2.06 bits per heavy atom. The number of amides is 1. The zero-order valence-electron chi connectivity index (χ0n) is 9.07. The first-order valence-electron chi connectivity index (χ1n) is 4.77. The highest BCUT2D eigenvalue weighted by Gasteiger charge is 2.08. The van der Waals surface area contributed by atoms with E-state index in [-0.39, 0.29) is 23.7 Å². The van der Waals surface area contributed by atoms with Crippen molar-refractivity contribution in [2.24, 2.45) is 0 Å². The molecule has 0 saturated heterocycles. The number of rotatable bonds is 6. The number of nitrogens with zero attached hydrogens (tertiary/aromatic N) is 1. The molecule has 0 aromatic heterocycles. The van der Waals surface area contributed by atoms with Crippen LogP contribution in [0.2, 0.25) is 0 Å². The van der Waals surface area contributed by atoms with E-state index in [0.717, 1.165) is 0 Å². The summed E-state index contributed by atoms with van der Waals surface area (Å²) in [5, 5.41) is 20.7. The van der Waals surface area contributed by atoms with Crippen LogP contribution < -0.4 is 5.32 Å². The summed E-state index contributed by atoms with van der Waals surface area (Å²) in [6.45, 7) is -0.0516. The number of carbonyl (C=O) groups is 1. The highest BCUT2D eigenvalue weighted by molar-refractivity contribution is 7.80. The minimum atomic E-state index is -1.78. The monoisotopic (exact) mass is 274 g/mol. The molecular formula is C9H10N2O6S. The minimum absolute atomic E-state index is 0.00799. The van der Waals surface area contributed by atoms with Crippen molar-refractivity contribution in [2.75, 3.05) is 13.2 Å². The molecule has 0 heterocycles. The Morgan fingerprint density at radius 1 is 1.44 bits per heavy atom. The van der Waals surface area contributed by atoms with Gasteiger partial charge in [-0.25, -0.2) is 9.00 Å². The zero-order chi connectivity index (χ0) is 13.5. The Hall–Kier alpha value is -2.00. The van der Waals surface area contributed by atoms with Crippen molar-refractivity contribution in [2.45, 2.75) is 4.90 Å². The van der Waals surface area contributed by atoms with Crippen LogP contribution in [-0.2, 0) is 15.3 Å². The van der Waals surface area contributed by atoms with E-state index in [1.54, 1.807) is 0 Å². The van der Waals surface area contributed by atoms with Crippen LogP contribution in [0.5, 0.6) is 0 Å². The molecule has 2 N–H and O–H groups in total. The highest BCUT2D eigenvalue weighted by atomic mass is 32.2. The van der Waals surface area contributed by atoms with E-state index < -0.39 is 22.1 Å². The molecule has 0 aliphatic carbocycles. The number of nitro groups is 1. The number of benzene rings is 1. The van der Waals surface area contributed by atoms with Crippen molar-refractivity contribution in [3.63, 3.8) is 0 Å². The van der Waals surface area contributed by atoms with Gasteiger partial charge in [-0.05, 0) is 12.1 Å². The fourth-order valence-electron chi connectivity index (χ4n) is 1.02. The largest absolute Gasteiger partial charge is 0.465 e. The van der Waals surface area contributed by atoms with Gasteiger partial charge in [0.25, 0.3) is 5.69 Å². The van der Waals surface area contributed by atoms with Gasteiger partial charge in [0.2, 0.25) is 0 Å². The first-order valence-corrected chi connectivity index (χ1v) is 5.84. The molecule has 0 spiro atoms. The molecule has 18 heavy (non-hydrogen) atoms. The van der Waals surface area contributed by atoms with Crippen LogP contribution in [0.25, 0.3) is 0 Å². The highest BCUT2D eigenvalue weighted by Crippen LogP contribution is 2.14. The molecule has 1 rings (SSSR count). The van der Waals surface area contributed by atoms with Gasteiger partial charge in [-0.2, -0.15) is 0 Å². The third-order valence-electron chi connectivity index (χ3n) is 1.81. The molecule has 1 aromatic carbocycles. The SMILES string of the molecule is O=C(O)NCCOS(=O)c1ccc([N+](=O)[O-])cc1. The van der Waals surface area contributed by atoms with Crippen molar-refractivity contribution in [3.05, 3.63) is 34.4 Å². The van der Waals surface area contributed by atoms with E-state index in [9.17, 15) is 19.1 Å². The Balaban J connectivity index is 2.46. The topological polar surface area (TPSA) is 119 Å². The maximum atomic E-state index is 11.5. The molecule has 0 aliphatic rings. The maximum Gasteiger partial charge on any atom is 0.404 e. The van der Waals surface area contributed by atoms with Crippen molar-refractivity contribution in [1.29, 1.82) is 0 Å². The molecule has 0 radical (unpaired) electrons. The molecule has 8 nitrogen and oxygen atoms in total. The van der Waals surface area contributed by atoms with Crippen LogP contribution in [-0.4, -0.2) is 33.5 Å². The molecule has 1 unspecified atom stereocenters. The summed E-state index contributed by atoms with van der Waals surface area (Å²) in [6.07, 6.45) is -1.19. The Labute approximate surface area is 104 Å². The lowest BCUT2D eigenvalue weighted by Gasteiger charge is -2.03. The summed E-state index contributed by atoms with van der Waals surface area (Å²) in [7, 11) is 0. The van der Waals surface area contributed by atoms with E-state index >= 15 is 0 Å². The van der Waals surface area contributed by atoms with Gasteiger partial charge < -0.3 is 10.4 Å². The average Bonchev–Trinajstić information content (AvgIpc) is 2.34. The van der Waals surface area contributed by atoms with E-state index in [1.807, 2.05) is 5.32 Å². The van der Waals surface area contributed by atoms with E-state index in [2.05, 4.69) is 0 Å². The zero-order valence-corrected chi connectivity index (χ0v) is 9.88. The first-order chi connectivity index (χ1) is 8.50. The average molecular weight is 274 g/mol. The van der Waals surface area contributed by atoms with Crippen molar-refractivity contribution in [1.82, 2.24) is 5.32 Å². The quantitative estimate of drug-likeness (QED) is 0.452. The van der Waals surface area contributed by atoms with E-state index in [4.69, 9.17) is 9.29 Å². The van der Waals surface area contributed by atoms with Crippen LogP contribution in [0.4, 0.5) is 10.5 Å². The van der Waals surface area contributed by atoms with Gasteiger partial charge in [0, 0.05) is 18.7 Å². The van der Waals surface area contributed by atoms with Crippen molar-refractivity contribution >= 4 is 22.9 Å². The maximum absolute atomic E-state index is 11.5. The van der Waals surface area contributed by atoms with Gasteiger partial charge >= 0.3 is 6.09 Å². The number of hydrogen-bond donors (Lipinski definition) is 2. The van der Waals surface area contributed by atoms with Gasteiger partial charge in [-0.15, -0.1) is 0 Å². The second kappa shape index (κ2) is 6.67. The molecule has 0 aliphatic heterocycles. The number of non-ortho nitro benzene ring substituents is 1. The van der Waals surface area contributed by atoms with Crippen molar-refractivity contribution < 1.29 is 23.2 Å². The summed E-state index contributed by atoms with van der Waals surface area (Å²) in [5.74, 6) is 0. The second-order valence-corrected chi connectivity index (χ2v) is 4.22. The number of carboxylic acid groups (broad SMARTS) is 1. The number of nitrogens with one attached hydrogen (secondary N) is 1. The third-order valence-corrected chi connectivity index (χ3v) is 2.85. The Kier molecular flexibility index (Phi) is 5.21. The minimum Gasteiger partial charge on any atom is -0.465 e. The smallest absolute Gasteiger partial charge is 0.404 e. The summed E-state index contributed by atoms with van der Waals surface area (Å²) in [4.78, 5) is 20.2. The van der Waals surface area contributed by atoms with Gasteiger partial charge in [-0.3, -0.25) is 14.3 Å². The van der Waals surface area contributed by atoms with Crippen LogP contribution >= 0.6 is 0 Å². The molecule has 0 saturated carbocycles. The number of hydrogen-bond acceptors (Lipinski definition) is 5. The first kappa shape index (κ1) is 14.1. The molecule has 9 heteroatoms. The second-order valence-electron chi connectivity index (χ2n) is 3.04. The lowest BCUT2D eigenvalue weighted by Crippen LogP contribution is -2.25. The Bertz CT molecular complexity index is 461. The fourth-order valence-corrected chi connectivity index (χ4v) is 1.75. The normalized spacial score (nSPS) is 11.8. The summed E-state index contributed by atoms with van der Waals surface area (Å²) < 4.78 is 16.4. The van der Waals surface area contributed by atoms with Crippen LogP contribution in [0, 0.1) is 10.1 Å². The summed E-state index contributed by atoms with van der Waals surface area (Å²) in [5.41, 5.74) is -0.108. The summed E-state index contributed by atoms with van der Waals surface area (Å²) >= 11 is -1.78. The molecule has 1 atom stereocenters. The number of nitro benzene ring substituents is 1. The predicted octanol–water partition coefficient (Wildman–Crippen LogP) is 0.902. The standard InChI is InChI=1S/C9H10N2O6S/c12-9(13)10-5-6-17-18(16)8-3-1-7(2-4-8)11(14)15/h1-4,10H,5-6H2,(H,12,13). The van der Waals surface area contributed by atoms with Crippen molar-refractivity contribution in [3.8, 4) is 0 Å². The van der Waals surface area contributed by atoms with Crippen LogP contribution in [0.1, 0.15) is 0 Å². The predicted molar refractivity (Wildman–Crippen MR) is 61.5 cm³/mol. The molecule has 0 bridgehead atoms. The lowest BCUT2D eigenvalue weighted by atomic mass is 10.3. The van der Waals surface area contributed by atoms with Crippen LogP contribution in [0.15, 0.2) is 29.2 Å². The van der Waals surface area contributed by atoms with Gasteiger partial charge in [-0.1, -0.05) is 0 Å².